The Morgan fingerprint density at radius 1 is 1.35 bits per heavy atom. The molecule has 3 rings (SSSR count). The smallest absolute Gasteiger partial charge is 0.408 e. The molecular formula is C19H31N5O6S. The molecule has 3 heterocycles. The first-order valence-electron chi connectivity index (χ1n) is 10.6. The molecule has 174 valence electrons. The van der Waals surface area contributed by atoms with Crippen LogP contribution in [0.4, 0.5) is 9.59 Å². The molecule has 12 heteroatoms. The molecule has 2 saturated heterocycles. The molecule has 11 nitrogen and oxygen atoms in total. The number of ether oxygens (including phenoxy) is 1. The zero-order chi connectivity index (χ0) is 22.6. The molecule has 1 N–H and O–H groups in total. The number of rotatable bonds is 9. The summed E-state index contributed by atoms with van der Waals surface area (Å²) in [5, 5.41) is 12.3. The Bertz CT molecular complexity index is 769. The Morgan fingerprint density at radius 3 is 2.81 bits per heavy atom. The van der Waals surface area contributed by atoms with E-state index in [1.165, 1.54) is 5.06 Å². The number of alkyl carbamates (subject to hydrolysis) is 1. The standard InChI is InChI=1S/C19H31N5O6S/c1-5-6-9-27-24-12-7-8-14(23(10-12)18(24)26)16-22-21-15(29-16)13(11-28-31)20-17(25)30-19(2,3)4/h12-14,31H,5-11H2,1-4H3,(H,20,25)/t12-,13?,14-/m0/s1. The number of piperidine rings is 1. The van der Waals surface area contributed by atoms with Crippen molar-refractivity contribution in [2.45, 2.75) is 77.1 Å². The van der Waals surface area contributed by atoms with Gasteiger partial charge in [-0.3, -0.25) is 4.84 Å². The van der Waals surface area contributed by atoms with Gasteiger partial charge < -0.3 is 23.6 Å². The van der Waals surface area contributed by atoms with Gasteiger partial charge >= 0.3 is 12.1 Å². The SMILES string of the molecule is CCCCON1C(=O)N2C[C@@H]1CC[C@H]2c1nnc(C(COS)NC(=O)OC(C)(C)C)o1. The van der Waals surface area contributed by atoms with Crippen molar-refractivity contribution >= 4 is 25.0 Å². The molecule has 2 aliphatic rings. The summed E-state index contributed by atoms with van der Waals surface area (Å²) in [6, 6.07) is -1.25. The lowest BCUT2D eigenvalue weighted by molar-refractivity contribution is -0.130. The fraction of sp³-hybridized carbons (Fsp3) is 0.789. The van der Waals surface area contributed by atoms with Gasteiger partial charge in [0, 0.05) is 6.54 Å². The fourth-order valence-corrected chi connectivity index (χ4v) is 3.73. The van der Waals surface area contributed by atoms with Crippen LogP contribution in [0.1, 0.15) is 77.2 Å². The van der Waals surface area contributed by atoms with Crippen LogP contribution >= 0.6 is 12.9 Å². The molecule has 3 amide bonds. The second kappa shape index (κ2) is 10.0. The topological polar surface area (TPSA) is 119 Å². The van der Waals surface area contributed by atoms with Gasteiger partial charge in [-0.05, 0) is 52.9 Å². The molecular weight excluding hydrogens is 426 g/mol. The monoisotopic (exact) mass is 457 g/mol. The molecule has 1 aromatic heterocycles. The van der Waals surface area contributed by atoms with Gasteiger partial charge in [-0.2, -0.15) is 5.06 Å². The molecule has 1 aromatic rings. The van der Waals surface area contributed by atoms with E-state index < -0.39 is 17.7 Å². The highest BCUT2D eigenvalue weighted by Gasteiger charge is 2.47. The summed E-state index contributed by atoms with van der Waals surface area (Å²) >= 11 is 3.76. The van der Waals surface area contributed by atoms with Crippen molar-refractivity contribution in [3.8, 4) is 0 Å². The highest BCUT2D eigenvalue weighted by molar-refractivity contribution is 7.75. The van der Waals surface area contributed by atoms with E-state index in [2.05, 4.69) is 35.3 Å². The predicted molar refractivity (Wildman–Crippen MR) is 112 cm³/mol. The van der Waals surface area contributed by atoms with Crippen LogP contribution in [0.15, 0.2) is 4.42 Å². The van der Waals surface area contributed by atoms with Crippen LogP contribution in [-0.2, 0) is 13.8 Å². The number of nitrogens with zero attached hydrogens (tertiary/aromatic N) is 4. The average Bonchev–Trinajstić information content (AvgIpc) is 3.26. The number of hydrogen-bond donors (Lipinski definition) is 2. The Morgan fingerprint density at radius 2 is 2.13 bits per heavy atom. The summed E-state index contributed by atoms with van der Waals surface area (Å²) in [5.41, 5.74) is -0.656. The maximum Gasteiger partial charge on any atom is 0.408 e. The number of unbranched alkanes of at least 4 members (excludes halogenated alkanes) is 1. The minimum Gasteiger partial charge on any atom is -0.444 e. The first-order chi connectivity index (χ1) is 14.7. The molecule has 0 radical (unpaired) electrons. The third kappa shape index (κ3) is 5.80. The maximum absolute atomic E-state index is 12.8. The largest absolute Gasteiger partial charge is 0.444 e. The summed E-state index contributed by atoms with van der Waals surface area (Å²) < 4.78 is 16.0. The van der Waals surface area contributed by atoms with E-state index in [0.29, 0.717) is 25.5 Å². The minimum atomic E-state index is -0.743. The Hall–Kier alpha value is -2.05. The third-order valence-corrected chi connectivity index (χ3v) is 5.17. The predicted octanol–water partition coefficient (Wildman–Crippen LogP) is 3.17. The Kier molecular flexibility index (Phi) is 7.65. The lowest BCUT2D eigenvalue weighted by atomic mass is 10.0. The molecule has 0 spiro atoms. The zero-order valence-electron chi connectivity index (χ0n) is 18.4. The van der Waals surface area contributed by atoms with Crippen molar-refractivity contribution in [2.24, 2.45) is 0 Å². The van der Waals surface area contributed by atoms with Crippen LogP contribution in [0.5, 0.6) is 0 Å². The summed E-state index contributed by atoms with van der Waals surface area (Å²) in [6.45, 7) is 8.43. The minimum absolute atomic E-state index is 0.00157. The first-order valence-corrected chi connectivity index (χ1v) is 10.9. The van der Waals surface area contributed by atoms with Crippen LogP contribution in [0.25, 0.3) is 0 Å². The van der Waals surface area contributed by atoms with Gasteiger partial charge in [0.05, 0.1) is 19.3 Å². The summed E-state index contributed by atoms with van der Waals surface area (Å²) in [7, 11) is 0. The molecule has 0 saturated carbocycles. The molecule has 2 bridgehead atoms. The number of hydroxylamine groups is 2. The summed E-state index contributed by atoms with van der Waals surface area (Å²) in [5.74, 6) is 0.465. The van der Waals surface area contributed by atoms with Crippen LogP contribution in [0.2, 0.25) is 0 Å². The average molecular weight is 458 g/mol. The Labute approximate surface area is 187 Å². The molecule has 2 aliphatic heterocycles. The third-order valence-electron chi connectivity index (χ3n) is 5.02. The van der Waals surface area contributed by atoms with Crippen molar-refractivity contribution in [1.29, 1.82) is 0 Å². The van der Waals surface area contributed by atoms with E-state index in [-0.39, 0.29) is 30.6 Å². The van der Waals surface area contributed by atoms with Crippen molar-refractivity contribution in [3.05, 3.63) is 11.8 Å². The fourth-order valence-electron chi connectivity index (χ4n) is 3.58. The molecule has 2 fully saturated rings. The normalized spacial score (nSPS) is 22.0. The number of aromatic nitrogens is 2. The van der Waals surface area contributed by atoms with Crippen molar-refractivity contribution in [1.82, 2.24) is 25.5 Å². The number of carbonyl (C=O) groups excluding carboxylic acids is 2. The van der Waals surface area contributed by atoms with E-state index in [9.17, 15) is 9.59 Å². The van der Waals surface area contributed by atoms with Gasteiger partial charge in [0.2, 0.25) is 11.8 Å². The maximum atomic E-state index is 12.8. The van der Waals surface area contributed by atoms with Crippen LogP contribution < -0.4 is 5.32 Å². The van der Waals surface area contributed by atoms with E-state index >= 15 is 0 Å². The van der Waals surface area contributed by atoms with Gasteiger partial charge in [0.25, 0.3) is 0 Å². The van der Waals surface area contributed by atoms with Gasteiger partial charge in [-0.1, -0.05) is 13.3 Å². The molecule has 0 aromatic carbocycles. The molecule has 1 unspecified atom stereocenters. The van der Waals surface area contributed by atoms with Crippen molar-refractivity contribution < 1.29 is 27.8 Å². The van der Waals surface area contributed by atoms with Crippen molar-refractivity contribution in [2.75, 3.05) is 19.8 Å². The first kappa shape index (κ1) is 23.6. The lowest BCUT2D eigenvalue weighted by Crippen LogP contribution is -2.36. The Balaban J connectivity index is 1.68. The van der Waals surface area contributed by atoms with Crippen LogP contribution in [0.3, 0.4) is 0 Å². The highest BCUT2D eigenvalue weighted by Crippen LogP contribution is 2.38. The van der Waals surface area contributed by atoms with E-state index in [1.807, 2.05) is 0 Å². The van der Waals surface area contributed by atoms with Crippen molar-refractivity contribution in [3.63, 3.8) is 0 Å². The number of hydrogen-bond acceptors (Lipinski definition) is 9. The summed E-state index contributed by atoms with van der Waals surface area (Å²) in [4.78, 5) is 32.4. The quantitative estimate of drug-likeness (QED) is 0.330. The van der Waals surface area contributed by atoms with Crippen LogP contribution in [-0.4, -0.2) is 63.7 Å². The zero-order valence-corrected chi connectivity index (χ0v) is 19.3. The second-order valence-corrected chi connectivity index (χ2v) is 8.93. The van der Waals surface area contributed by atoms with Gasteiger partial charge in [0.15, 0.2) is 0 Å². The molecule has 31 heavy (non-hydrogen) atoms. The highest BCUT2D eigenvalue weighted by atomic mass is 32.1. The number of amides is 3. The molecule has 0 aliphatic carbocycles. The van der Waals surface area contributed by atoms with Gasteiger partial charge in [-0.25, -0.2) is 9.59 Å². The van der Waals surface area contributed by atoms with Gasteiger partial charge in [0.1, 0.15) is 17.7 Å². The van der Waals surface area contributed by atoms with E-state index in [0.717, 1.165) is 19.3 Å². The number of nitrogens with one attached hydrogen (secondary N) is 1. The van der Waals surface area contributed by atoms with Gasteiger partial charge in [-0.15, -0.1) is 10.2 Å². The number of urea groups is 1. The van der Waals surface area contributed by atoms with E-state index in [4.69, 9.17) is 18.2 Å². The summed E-state index contributed by atoms with van der Waals surface area (Å²) in [6.07, 6.45) is 2.71. The van der Waals surface area contributed by atoms with E-state index in [1.54, 1.807) is 25.7 Å². The molecule has 3 atom stereocenters. The number of thiol groups is 1. The number of carbonyl (C=O) groups is 2. The second-order valence-electron chi connectivity index (χ2n) is 8.67. The number of fused-ring (bicyclic) bond motifs is 2. The lowest BCUT2D eigenvalue weighted by Gasteiger charge is -2.27. The van der Waals surface area contributed by atoms with Crippen LogP contribution in [0, 0.1) is 0 Å².